The van der Waals surface area contributed by atoms with Gasteiger partial charge in [-0.1, -0.05) is 13.0 Å². The standard InChI is InChI=1S/C16H23N3O2/c1-13(6-5-10-18)16(20)19-14-7-4-8-15(12-14)21-11-3-2-9-17/h4,7-8,12-13H,2-3,5-6,10-11,18H2,1H3,(H,19,20). The third kappa shape index (κ3) is 6.77. The normalized spacial score (nSPS) is 11.5. The minimum Gasteiger partial charge on any atom is -0.493 e. The molecule has 0 aliphatic heterocycles. The highest BCUT2D eigenvalue weighted by atomic mass is 16.5. The van der Waals surface area contributed by atoms with Gasteiger partial charge in [-0.3, -0.25) is 4.79 Å². The number of nitrogens with two attached hydrogens (primary N) is 1. The molecule has 21 heavy (non-hydrogen) atoms. The average molecular weight is 289 g/mol. The number of nitriles is 1. The van der Waals surface area contributed by atoms with Crippen LogP contribution in [-0.4, -0.2) is 19.1 Å². The monoisotopic (exact) mass is 289 g/mol. The van der Waals surface area contributed by atoms with E-state index in [4.69, 9.17) is 15.7 Å². The first kappa shape index (κ1) is 17.0. The Kier molecular flexibility index (Phi) is 7.92. The highest BCUT2D eigenvalue weighted by Gasteiger charge is 2.12. The summed E-state index contributed by atoms with van der Waals surface area (Å²) in [6.07, 6.45) is 2.81. The molecule has 0 aliphatic rings. The van der Waals surface area contributed by atoms with Crippen LogP contribution in [0.2, 0.25) is 0 Å². The smallest absolute Gasteiger partial charge is 0.227 e. The molecule has 3 N–H and O–H groups in total. The molecule has 5 heteroatoms. The van der Waals surface area contributed by atoms with Crippen molar-refractivity contribution in [2.75, 3.05) is 18.5 Å². The third-order valence-corrected chi connectivity index (χ3v) is 3.09. The van der Waals surface area contributed by atoms with Gasteiger partial charge in [0.15, 0.2) is 0 Å². The number of nitrogens with one attached hydrogen (secondary N) is 1. The van der Waals surface area contributed by atoms with Gasteiger partial charge < -0.3 is 15.8 Å². The Labute approximate surface area is 126 Å². The number of anilines is 1. The predicted octanol–water partition coefficient (Wildman–Crippen LogP) is 2.68. The molecule has 1 aromatic rings. The molecule has 0 aliphatic carbocycles. The molecule has 1 rings (SSSR count). The molecule has 0 heterocycles. The highest BCUT2D eigenvalue weighted by molar-refractivity contribution is 5.92. The van der Waals surface area contributed by atoms with Gasteiger partial charge in [-0.15, -0.1) is 0 Å². The fraction of sp³-hybridized carbons (Fsp3) is 0.500. The second kappa shape index (κ2) is 9.78. The average Bonchev–Trinajstić information content (AvgIpc) is 2.49. The van der Waals surface area contributed by atoms with Gasteiger partial charge >= 0.3 is 0 Å². The molecule has 1 atom stereocenters. The van der Waals surface area contributed by atoms with Crippen LogP contribution in [-0.2, 0) is 4.79 Å². The van der Waals surface area contributed by atoms with E-state index in [9.17, 15) is 4.79 Å². The molecule has 0 fully saturated rings. The van der Waals surface area contributed by atoms with Crippen molar-refractivity contribution in [2.45, 2.75) is 32.6 Å². The zero-order chi connectivity index (χ0) is 15.5. The number of carbonyl (C=O) groups excluding carboxylic acids is 1. The second-order valence-electron chi connectivity index (χ2n) is 4.96. The van der Waals surface area contributed by atoms with Gasteiger partial charge in [0.1, 0.15) is 5.75 Å². The Morgan fingerprint density at radius 1 is 1.48 bits per heavy atom. The summed E-state index contributed by atoms with van der Waals surface area (Å²) >= 11 is 0. The predicted molar refractivity (Wildman–Crippen MR) is 82.9 cm³/mol. The maximum atomic E-state index is 12.0. The fourth-order valence-corrected chi connectivity index (χ4v) is 1.83. The molecular weight excluding hydrogens is 266 g/mol. The number of hydrogen-bond donors (Lipinski definition) is 2. The molecule has 0 saturated carbocycles. The maximum Gasteiger partial charge on any atom is 0.227 e. The van der Waals surface area contributed by atoms with Crippen LogP contribution in [0.1, 0.15) is 32.6 Å². The molecule has 114 valence electrons. The van der Waals surface area contributed by atoms with Gasteiger partial charge in [0.2, 0.25) is 5.91 Å². The summed E-state index contributed by atoms with van der Waals surface area (Å²) < 4.78 is 5.54. The Morgan fingerprint density at radius 2 is 2.29 bits per heavy atom. The number of benzene rings is 1. The zero-order valence-electron chi connectivity index (χ0n) is 12.5. The zero-order valence-corrected chi connectivity index (χ0v) is 12.5. The van der Waals surface area contributed by atoms with E-state index in [0.717, 1.165) is 18.5 Å². The molecule has 0 bridgehead atoms. The first-order valence-corrected chi connectivity index (χ1v) is 7.28. The van der Waals surface area contributed by atoms with E-state index >= 15 is 0 Å². The Bertz CT molecular complexity index is 483. The lowest BCUT2D eigenvalue weighted by Crippen LogP contribution is -2.21. The Balaban J connectivity index is 2.48. The van der Waals surface area contributed by atoms with E-state index in [1.54, 1.807) is 6.07 Å². The van der Waals surface area contributed by atoms with Gasteiger partial charge in [-0.05, 0) is 37.9 Å². The van der Waals surface area contributed by atoms with Crippen molar-refractivity contribution >= 4 is 11.6 Å². The maximum absolute atomic E-state index is 12.0. The molecule has 0 aromatic heterocycles. The summed E-state index contributed by atoms with van der Waals surface area (Å²) in [6.45, 7) is 2.99. The lowest BCUT2D eigenvalue weighted by Gasteiger charge is -2.12. The summed E-state index contributed by atoms with van der Waals surface area (Å²) in [5.74, 6) is 0.624. The fourth-order valence-electron chi connectivity index (χ4n) is 1.83. The molecular formula is C16H23N3O2. The number of unbranched alkanes of at least 4 members (excludes halogenated alkanes) is 1. The first-order valence-electron chi connectivity index (χ1n) is 7.28. The third-order valence-electron chi connectivity index (χ3n) is 3.09. The minimum atomic E-state index is -0.0613. The molecule has 5 nitrogen and oxygen atoms in total. The summed E-state index contributed by atoms with van der Waals surface area (Å²) in [4.78, 5) is 12.0. The van der Waals surface area contributed by atoms with Crippen molar-refractivity contribution in [2.24, 2.45) is 11.7 Å². The molecule has 1 unspecified atom stereocenters. The number of rotatable bonds is 9. The molecule has 0 spiro atoms. The van der Waals surface area contributed by atoms with Crippen molar-refractivity contribution in [1.29, 1.82) is 5.26 Å². The topological polar surface area (TPSA) is 88.1 Å². The second-order valence-corrected chi connectivity index (χ2v) is 4.96. The number of hydrogen-bond acceptors (Lipinski definition) is 4. The van der Waals surface area contributed by atoms with E-state index in [0.29, 0.717) is 31.7 Å². The van der Waals surface area contributed by atoms with Crippen LogP contribution < -0.4 is 15.8 Å². The highest BCUT2D eigenvalue weighted by Crippen LogP contribution is 2.19. The summed E-state index contributed by atoms with van der Waals surface area (Å²) in [7, 11) is 0. The van der Waals surface area contributed by atoms with E-state index < -0.39 is 0 Å². The van der Waals surface area contributed by atoms with E-state index in [1.165, 1.54) is 0 Å². The van der Waals surface area contributed by atoms with Crippen LogP contribution in [0, 0.1) is 17.2 Å². The minimum absolute atomic E-state index is 0.00918. The SMILES string of the molecule is CC(CCCN)C(=O)Nc1cccc(OCCCC#N)c1. The van der Waals surface area contributed by atoms with E-state index in [-0.39, 0.29) is 11.8 Å². The van der Waals surface area contributed by atoms with Gasteiger partial charge in [-0.25, -0.2) is 0 Å². The quantitative estimate of drug-likeness (QED) is 0.684. The van der Waals surface area contributed by atoms with Gasteiger partial charge in [0.05, 0.1) is 12.7 Å². The van der Waals surface area contributed by atoms with Crippen LogP contribution >= 0.6 is 0 Å². The van der Waals surface area contributed by atoms with Gasteiger partial charge in [0.25, 0.3) is 0 Å². The van der Waals surface area contributed by atoms with Crippen molar-refractivity contribution in [1.82, 2.24) is 0 Å². The molecule has 1 amide bonds. The van der Waals surface area contributed by atoms with Crippen LogP contribution in [0.15, 0.2) is 24.3 Å². The van der Waals surface area contributed by atoms with Crippen LogP contribution in [0.5, 0.6) is 5.75 Å². The van der Waals surface area contributed by atoms with Crippen molar-refractivity contribution in [3.63, 3.8) is 0 Å². The molecule has 1 aromatic carbocycles. The van der Waals surface area contributed by atoms with E-state index in [1.807, 2.05) is 25.1 Å². The molecule has 0 radical (unpaired) electrons. The Morgan fingerprint density at radius 3 is 3.00 bits per heavy atom. The Hall–Kier alpha value is -2.06. The number of ether oxygens (including phenoxy) is 1. The summed E-state index contributed by atoms with van der Waals surface area (Å²) in [5.41, 5.74) is 6.17. The van der Waals surface area contributed by atoms with Crippen LogP contribution in [0.3, 0.4) is 0 Å². The number of carbonyl (C=O) groups is 1. The summed E-state index contributed by atoms with van der Waals surface area (Å²) in [6, 6.07) is 9.36. The first-order chi connectivity index (χ1) is 10.2. The van der Waals surface area contributed by atoms with Crippen LogP contribution in [0.25, 0.3) is 0 Å². The largest absolute Gasteiger partial charge is 0.493 e. The van der Waals surface area contributed by atoms with Crippen molar-refractivity contribution < 1.29 is 9.53 Å². The van der Waals surface area contributed by atoms with Crippen molar-refractivity contribution in [3.05, 3.63) is 24.3 Å². The van der Waals surface area contributed by atoms with Crippen molar-refractivity contribution in [3.8, 4) is 11.8 Å². The summed E-state index contributed by atoms with van der Waals surface area (Å²) in [5, 5.41) is 11.3. The molecule has 0 saturated heterocycles. The number of nitrogens with zero attached hydrogens (tertiary/aromatic N) is 1. The lowest BCUT2D eigenvalue weighted by atomic mass is 10.0. The van der Waals surface area contributed by atoms with Crippen LogP contribution in [0.4, 0.5) is 5.69 Å². The van der Waals surface area contributed by atoms with E-state index in [2.05, 4.69) is 11.4 Å². The van der Waals surface area contributed by atoms with Gasteiger partial charge in [0, 0.05) is 24.1 Å². The van der Waals surface area contributed by atoms with Gasteiger partial charge in [-0.2, -0.15) is 5.26 Å². The lowest BCUT2D eigenvalue weighted by molar-refractivity contribution is -0.119. The number of amides is 1.